The molecule has 0 aromatic carbocycles. The van der Waals surface area contributed by atoms with E-state index in [1.165, 1.54) is 0 Å². The van der Waals surface area contributed by atoms with Crippen LogP contribution in [-0.2, 0) is 6.42 Å². The summed E-state index contributed by atoms with van der Waals surface area (Å²) in [6.07, 6.45) is 0.424. The third kappa shape index (κ3) is 3.13. The van der Waals surface area contributed by atoms with Crippen LogP contribution in [0.25, 0.3) is 0 Å². The SMILES string of the molecule is Cc1nc(C)nc(Cc2nc(C)nc(Cl)n2)n1. The van der Waals surface area contributed by atoms with Crippen molar-refractivity contribution in [3.05, 3.63) is 34.4 Å². The van der Waals surface area contributed by atoms with E-state index in [9.17, 15) is 0 Å². The molecular formula is C10H11ClN6. The minimum atomic E-state index is 0.190. The molecule has 2 aromatic heterocycles. The monoisotopic (exact) mass is 250 g/mol. The fourth-order valence-corrected chi connectivity index (χ4v) is 1.70. The molecule has 7 heteroatoms. The van der Waals surface area contributed by atoms with Crippen LogP contribution in [0.15, 0.2) is 0 Å². The van der Waals surface area contributed by atoms with Gasteiger partial charge in [0.15, 0.2) is 0 Å². The van der Waals surface area contributed by atoms with Gasteiger partial charge in [0.2, 0.25) is 5.28 Å². The molecule has 0 amide bonds. The molecule has 0 saturated carbocycles. The summed E-state index contributed by atoms with van der Waals surface area (Å²) in [4.78, 5) is 24.7. The minimum absolute atomic E-state index is 0.190. The van der Waals surface area contributed by atoms with E-state index in [4.69, 9.17) is 11.6 Å². The van der Waals surface area contributed by atoms with Crippen molar-refractivity contribution in [2.75, 3.05) is 0 Å². The smallest absolute Gasteiger partial charge is 0.219 e. The van der Waals surface area contributed by atoms with Crippen molar-refractivity contribution >= 4 is 11.6 Å². The van der Waals surface area contributed by atoms with Gasteiger partial charge in [-0.3, -0.25) is 0 Å². The Hall–Kier alpha value is -1.69. The van der Waals surface area contributed by atoms with Crippen LogP contribution in [0.1, 0.15) is 29.1 Å². The van der Waals surface area contributed by atoms with Crippen molar-refractivity contribution in [1.29, 1.82) is 0 Å². The van der Waals surface area contributed by atoms with Crippen molar-refractivity contribution in [2.45, 2.75) is 27.2 Å². The van der Waals surface area contributed by atoms with Gasteiger partial charge in [0.05, 0.1) is 6.42 Å². The highest BCUT2D eigenvalue weighted by atomic mass is 35.5. The maximum atomic E-state index is 5.76. The highest BCUT2D eigenvalue weighted by Gasteiger charge is 2.07. The molecule has 2 rings (SSSR count). The van der Waals surface area contributed by atoms with Gasteiger partial charge >= 0.3 is 0 Å². The molecular weight excluding hydrogens is 240 g/mol. The Labute approximate surface area is 104 Å². The highest BCUT2D eigenvalue weighted by molar-refractivity contribution is 6.28. The second-order valence-corrected chi connectivity index (χ2v) is 3.93. The lowest BCUT2D eigenvalue weighted by Gasteiger charge is -2.02. The number of halogens is 1. The molecule has 2 heterocycles. The van der Waals surface area contributed by atoms with Gasteiger partial charge < -0.3 is 0 Å². The Balaban J connectivity index is 2.31. The summed E-state index contributed by atoms with van der Waals surface area (Å²) < 4.78 is 0. The van der Waals surface area contributed by atoms with Crippen LogP contribution >= 0.6 is 11.6 Å². The average Bonchev–Trinajstić information content (AvgIpc) is 2.13. The van der Waals surface area contributed by atoms with Gasteiger partial charge in [-0.2, -0.15) is 0 Å². The lowest BCUT2D eigenvalue weighted by molar-refractivity contribution is 0.798. The Morgan fingerprint density at radius 3 is 1.71 bits per heavy atom. The molecule has 0 aliphatic carbocycles. The minimum Gasteiger partial charge on any atom is -0.219 e. The maximum Gasteiger partial charge on any atom is 0.225 e. The molecule has 0 unspecified atom stereocenters. The van der Waals surface area contributed by atoms with Crippen LogP contribution in [0.2, 0.25) is 5.28 Å². The number of nitrogens with zero attached hydrogens (tertiary/aromatic N) is 6. The fraction of sp³-hybridized carbons (Fsp3) is 0.400. The zero-order valence-corrected chi connectivity index (χ0v) is 10.5. The van der Waals surface area contributed by atoms with Crippen LogP contribution in [-0.4, -0.2) is 29.9 Å². The molecule has 17 heavy (non-hydrogen) atoms. The normalized spacial score (nSPS) is 10.6. The van der Waals surface area contributed by atoms with Crippen LogP contribution < -0.4 is 0 Å². The third-order valence-electron chi connectivity index (χ3n) is 1.99. The van der Waals surface area contributed by atoms with Gasteiger partial charge in [0.1, 0.15) is 29.1 Å². The molecule has 0 N–H and O–H groups in total. The summed E-state index contributed by atoms with van der Waals surface area (Å²) in [5.41, 5.74) is 0. The first-order valence-electron chi connectivity index (χ1n) is 5.08. The summed E-state index contributed by atoms with van der Waals surface area (Å²) in [5.74, 6) is 3.15. The third-order valence-corrected chi connectivity index (χ3v) is 2.16. The van der Waals surface area contributed by atoms with E-state index in [-0.39, 0.29) is 5.28 Å². The zero-order valence-electron chi connectivity index (χ0n) is 9.77. The molecule has 0 aliphatic rings. The number of aryl methyl sites for hydroxylation is 3. The molecule has 0 atom stereocenters. The van der Waals surface area contributed by atoms with Gasteiger partial charge in [-0.05, 0) is 32.4 Å². The topological polar surface area (TPSA) is 77.3 Å². The summed E-state index contributed by atoms with van der Waals surface area (Å²) in [5, 5.41) is 0.190. The number of aromatic nitrogens is 6. The van der Waals surface area contributed by atoms with E-state index in [0.717, 1.165) is 0 Å². The van der Waals surface area contributed by atoms with E-state index < -0.39 is 0 Å². The van der Waals surface area contributed by atoms with Crippen LogP contribution in [0.5, 0.6) is 0 Å². The summed E-state index contributed by atoms with van der Waals surface area (Å²) in [6, 6.07) is 0. The van der Waals surface area contributed by atoms with Crippen molar-refractivity contribution < 1.29 is 0 Å². The van der Waals surface area contributed by atoms with Crippen LogP contribution in [0, 0.1) is 20.8 Å². The quantitative estimate of drug-likeness (QED) is 0.798. The van der Waals surface area contributed by atoms with Crippen LogP contribution in [0.3, 0.4) is 0 Å². The first-order chi connectivity index (χ1) is 8.02. The standard InChI is InChI=1S/C10H11ClN6/c1-5-12-6(2)14-8(13-5)4-9-15-7(3)16-10(11)17-9/h4H2,1-3H3. The molecule has 0 spiro atoms. The van der Waals surface area contributed by atoms with Gasteiger partial charge in [0.25, 0.3) is 0 Å². The average molecular weight is 251 g/mol. The zero-order chi connectivity index (χ0) is 12.4. The highest BCUT2D eigenvalue weighted by Crippen LogP contribution is 2.05. The Morgan fingerprint density at radius 1 is 0.706 bits per heavy atom. The number of rotatable bonds is 2. The first kappa shape index (κ1) is 11.8. The van der Waals surface area contributed by atoms with E-state index in [0.29, 0.717) is 35.5 Å². The van der Waals surface area contributed by atoms with Crippen molar-refractivity contribution in [1.82, 2.24) is 29.9 Å². The fourth-order valence-electron chi connectivity index (χ4n) is 1.48. The summed E-state index contributed by atoms with van der Waals surface area (Å²) in [6.45, 7) is 5.41. The molecule has 0 aliphatic heterocycles. The van der Waals surface area contributed by atoms with E-state index in [1.807, 2.05) is 13.8 Å². The van der Waals surface area contributed by atoms with E-state index in [1.54, 1.807) is 6.92 Å². The van der Waals surface area contributed by atoms with Crippen molar-refractivity contribution in [3.63, 3.8) is 0 Å². The largest absolute Gasteiger partial charge is 0.225 e. The lowest BCUT2D eigenvalue weighted by Crippen LogP contribution is -2.07. The second-order valence-electron chi connectivity index (χ2n) is 3.59. The van der Waals surface area contributed by atoms with E-state index >= 15 is 0 Å². The van der Waals surface area contributed by atoms with Crippen molar-refractivity contribution in [2.24, 2.45) is 0 Å². The van der Waals surface area contributed by atoms with E-state index in [2.05, 4.69) is 29.9 Å². The molecule has 88 valence electrons. The van der Waals surface area contributed by atoms with Crippen molar-refractivity contribution in [3.8, 4) is 0 Å². The molecule has 0 bridgehead atoms. The summed E-state index contributed by atoms with van der Waals surface area (Å²) in [7, 11) is 0. The maximum absolute atomic E-state index is 5.76. The Morgan fingerprint density at radius 2 is 1.18 bits per heavy atom. The molecule has 0 fully saturated rings. The Bertz CT molecular complexity index is 466. The summed E-state index contributed by atoms with van der Waals surface area (Å²) >= 11 is 5.76. The molecule has 2 aromatic rings. The van der Waals surface area contributed by atoms with Gasteiger partial charge in [-0.15, -0.1) is 0 Å². The van der Waals surface area contributed by atoms with Gasteiger partial charge in [-0.1, -0.05) is 0 Å². The predicted molar refractivity (Wildman–Crippen MR) is 61.7 cm³/mol. The molecule has 6 nitrogen and oxygen atoms in total. The molecule has 0 saturated heterocycles. The predicted octanol–water partition coefficient (Wildman–Crippen LogP) is 1.23. The number of hydrogen-bond acceptors (Lipinski definition) is 6. The van der Waals surface area contributed by atoms with Gasteiger partial charge in [0, 0.05) is 0 Å². The Kier molecular flexibility index (Phi) is 3.23. The number of hydrogen-bond donors (Lipinski definition) is 0. The lowest BCUT2D eigenvalue weighted by atomic mass is 10.3. The molecule has 0 radical (unpaired) electrons. The first-order valence-corrected chi connectivity index (χ1v) is 5.46. The van der Waals surface area contributed by atoms with Crippen LogP contribution in [0.4, 0.5) is 0 Å². The van der Waals surface area contributed by atoms with Gasteiger partial charge in [-0.25, -0.2) is 29.9 Å². The second kappa shape index (κ2) is 4.67.